The molecule has 1 rings (SSSR count). The molecule has 0 unspecified atom stereocenters. The SMILES string of the molecule is FB1N([Si])B(F)N([Si])B(F)N1[Si]. The first-order chi connectivity index (χ1) is 5.46. The zero-order chi connectivity index (χ0) is 9.46. The lowest BCUT2D eigenvalue weighted by atomic mass is 9.75. The minimum atomic E-state index is -1.92. The van der Waals surface area contributed by atoms with Gasteiger partial charge in [0.15, 0.2) is 0 Å². The van der Waals surface area contributed by atoms with Crippen molar-refractivity contribution in [3.8, 4) is 0 Å². The first-order valence-electron chi connectivity index (χ1n) is 2.87. The van der Waals surface area contributed by atoms with E-state index in [0.717, 1.165) is 0 Å². The summed E-state index contributed by atoms with van der Waals surface area (Å²) in [6.45, 7) is 0. The minimum Gasteiger partial charge on any atom is -0.324 e. The maximum atomic E-state index is 12.9. The van der Waals surface area contributed by atoms with Crippen molar-refractivity contribution >= 4 is 53.0 Å². The van der Waals surface area contributed by atoms with Gasteiger partial charge in [-0.25, -0.2) is 0 Å². The summed E-state index contributed by atoms with van der Waals surface area (Å²) < 4.78 is 40.1. The van der Waals surface area contributed by atoms with Crippen molar-refractivity contribution < 1.29 is 12.9 Å². The Hall–Kier alpha value is 0.515. The van der Waals surface area contributed by atoms with E-state index >= 15 is 0 Å². The molecule has 9 radical (unpaired) electrons. The van der Waals surface area contributed by atoms with E-state index in [1.165, 1.54) is 0 Å². The topological polar surface area (TPSA) is 9.72 Å². The van der Waals surface area contributed by atoms with Crippen LogP contribution in [0.15, 0.2) is 0 Å². The molecular weight excluding hydrogens is 216 g/mol. The standard InChI is InChI=1S/B3F3N3Si3/c4-1-7(10)2(5)9(12)3(6)8(1)11. The van der Waals surface area contributed by atoms with Crippen molar-refractivity contribution in [2.75, 3.05) is 0 Å². The average Bonchev–Trinajstić information content (AvgIpc) is 2.08. The van der Waals surface area contributed by atoms with Crippen LogP contribution in [0.3, 0.4) is 0 Å². The highest BCUT2D eigenvalue weighted by atomic mass is 28.2. The van der Waals surface area contributed by atoms with Gasteiger partial charge in [0.1, 0.15) is 31.2 Å². The summed E-state index contributed by atoms with van der Waals surface area (Å²) in [6.07, 6.45) is 0. The number of hydrogen-bond acceptors (Lipinski definition) is 3. The van der Waals surface area contributed by atoms with Gasteiger partial charge in [-0.05, 0) is 0 Å². The molecular formula is B3F3N3Si3. The second-order valence-corrected chi connectivity index (χ2v) is 3.70. The van der Waals surface area contributed by atoms with E-state index in [9.17, 15) is 12.9 Å². The van der Waals surface area contributed by atoms with Crippen LogP contribution in [0.25, 0.3) is 0 Å². The van der Waals surface area contributed by atoms with Crippen LogP contribution in [0.1, 0.15) is 0 Å². The summed E-state index contributed by atoms with van der Waals surface area (Å²) >= 11 is 0. The Morgan fingerprint density at radius 3 is 1.00 bits per heavy atom. The van der Waals surface area contributed by atoms with E-state index in [2.05, 4.69) is 31.2 Å². The summed E-state index contributed by atoms with van der Waals surface area (Å²) in [7, 11) is 2.19. The summed E-state index contributed by atoms with van der Waals surface area (Å²) in [6, 6.07) is 0. The molecule has 1 heterocycles. The predicted molar refractivity (Wildman–Crippen MR) is 43.4 cm³/mol. The molecule has 1 aliphatic heterocycles. The Morgan fingerprint density at radius 2 is 0.833 bits per heavy atom. The first-order valence-corrected chi connectivity index (χ1v) is 4.22. The van der Waals surface area contributed by atoms with Gasteiger partial charge in [-0.1, -0.05) is 0 Å². The molecule has 0 atom stereocenters. The molecule has 0 aliphatic carbocycles. The largest absolute Gasteiger partial charge is 0.491 e. The van der Waals surface area contributed by atoms with Gasteiger partial charge >= 0.3 is 21.8 Å². The number of hydrogen-bond donors (Lipinski definition) is 0. The van der Waals surface area contributed by atoms with E-state index < -0.39 is 21.8 Å². The van der Waals surface area contributed by atoms with E-state index in [4.69, 9.17) is 0 Å². The Kier molecular flexibility index (Phi) is 3.28. The zero-order valence-corrected chi connectivity index (χ0v) is 8.71. The maximum Gasteiger partial charge on any atom is 0.491 e. The second kappa shape index (κ2) is 3.71. The van der Waals surface area contributed by atoms with E-state index in [-0.39, 0.29) is 0 Å². The maximum absolute atomic E-state index is 12.9. The van der Waals surface area contributed by atoms with Gasteiger partial charge in [-0.3, -0.25) is 12.9 Å². The Labute approximate surface area is 79.6 Å². The third-order valence-electron chi connectivity index (χ3n) is 1.38. The Bertz CT molecular complexity index is 116. The van der Waals surface area contributed by atoms with Gasteiger partial charge in [0.2, 0.25) is 0 Å². The van der Waals surface area contributed by atoms with Crippen molar-refractivity contribution in [3.63, 3.8) is 0 Å². The summed E-state index contributed by atoms with van der Waals surface area (Å²) in [4.78, 5) is 0. The van der Waals surface area contributed by atoms with Gasteiger partial charge < -0.3 is 13.2 Å². The lowest BCUT2D eigenvalue weighted by Gasteiger charge is -2.39. The molecule has 0 aromatic carbocycles. The molecule has 3 nitrogen and oxygen atoms in total. The summed E-state index contributed by atoms with van der Waals surface area (Å²) in [5, 5.41) is 0. The molecule has 12 heteroatoms. The Morgan fingerprint density at radius 1 is 0.667 bits per heavy atom. The highest BCUT2D eigenvalue weighted by Crippen LogP contribution is 2.15. The van der Waals surface area contributed by atoms with Crippen LogP contribution in [-0.2, 0) is 0 Å². The molecule has 0 aromatic heterocycles. The van der Waals surface area contributed by atoms with Crippen molar-refractivity contribution in [3.05, 3.63) is 0 Å². The molecule has 0 bridgehead atoms. The molecule has 1 saturated heterocycles. The molecule has 0 spiro atoms. The van der Waals surface area contributed by atoms with Crippen molar-refractivity contribution in [2.45, 2.75) is 0 Å². The van der Waals surface area contributed by atoms with Crippen LogP contribution < -0.4 is 0 Å². The Balaban J connectivity index is 2.76. The minimum absolute atomic E-state index is 0.510. The lowest BCUT2D eigenvalue weighted by molar-refractivity contribution is 0.521. The van der Waals surface area contributed by atoms with Gasteiger partial charge in [-0.2, -0.15) is 0 Å². The molecule has 0 aromatic rings. The molecule has 0 saturated carbocycles. The highest BCUT2D eigenvalue weighted by molar-refractivity contribution is 6.89. The first kappa shape index (κ1) is 10.6. The zero-order valence-electron chi connectivity index (χ0n) is 5.71. The monoisotopic (exact) mass is 216 g/mol. The van der Waals surface area contributed by atoms with Crippen molar-refractivity contribution in [1.82, 2.24) is 13.2 Å². The van der Waals surface area contributed by atoms with Gasteiger partial charge in [0, 0.05) is 0 Å². The fourth-order valence-corrected chi connectivity index (χ4v) is 1.80. The van der Waals surface area contributed by atoms with Gasteiger partial charge in [-0.15, -0.1) is 0 Å². The second-order valence-electron chi connectivity index (χ2n) is 2.15. The molecule has 0 amide bonds. The third-order valence-corrected chi connectivity index (χ3v) is 2.66. The highest BCUT2D eigenvalue weighted by Gasteiger charge is 2.51. The molecule has 57 valence electrons. The smallest absolute Gasteiger partial charge is 0.324 e. The molecule has 12 heavy (non-hydrogen) atoms. The van der Waals surface area contributed by atoms with Crippen LogP contribution in [0, 0.1) is 0 Å². The van der Waals surface area contributed by atoms with Crippen LogP contribution in [0.4, 0.5) is 12.9 Å². The normalized spacial score (nSPS) is 24.0. The summed E-state index contributed by atoms with van der Waals surface area (Å²) in [5.41, 5.74) is 0. The van der Waals surface area contributed by atoms with Crippen LogP contribution in [-0.4, -0.2) is 66.2 Å². The van der Waals surface area contributed by atoms with Crippen LogP contribution in [0.2, 0.25) is 0 Å². The van der Waals surface area contributed by atoms with Crippen LogP contribution >= 0.6 is 0 Å². The fourth-order valence-electron chi connectivity index (χ4n) is 0.707. The van der Waals surface area contributed by atoms with E-state index in [1.807, 2.05) is 0 Å². The molecule has 1 aliphatic rings. The fraction of sp³-hybridized carbons (Fsp3) is 0. The van der Waals surface area contributed by atoms with Crippen molar-refractivity contribution in [2.24, 2.45) is 0 Å². The molecule has 0 N–H and O–H groups in total. The lowest BCUT2D eigenvalue weighted by Crippen LogP contribution is -2.72. The number of nitrogens with zero attached hydrogens (tertiary/aromatic N) is 3. The van der Waals surface area contributed by atoms with E-state index in [0.29, 0.717) is 13.2 Å². The number of halogens is 3. The van der Waals surface area contributed by atoms with Crippen LogP contribution in [0.5, 0.6) is 0 Å². The predicted octanol–water partition coefficient (Wildman–Crippen LogP) is -1.98. The number of rotatable bonds is 0. The third kappa shape index (κ3) is 1.58. The molecule has 1 fully saturated rings. The van der Waals surface area contributed by atoms with E-state index in [1.54, 1.807) is 0 Å². The van der Waals surface area contributed by atoms with Crippen molar-refractivity contribution in [1.29, 1.82) is 0 Å². The van der Waals surface area contributed by atoms with Gasteiger partial charge in [0.05, 0.1) is 0 Å². The van der Waals surface area contributed by atoms with Gasteiger partial charge in [0.25, 0.3) is 0 Å². The average molecular weight is 216 g/mol. The summed E-state index contributed by atoms with van der Waals surface area (Å²) in [5.74, 6) is 0. The quantitative estimate of drug-likeness (QED) is 0.434.